The fourth-order valence-electron chi connectivity index (χ4n) is 0.144. The second-order valence-electron chi connectivity index (χ2n) is 0.954. The van der Waals surface area contributed by atoms with Gasteiger partial charge in [0.2, 0.25) is 0 Å². The van der Waals surface area contributed by atoms with Gasteiger partial charge in [-0.15, -0.1) is 0 Å². The molecule has 0 bridgehead atoms. The summed E-state index contributed by atoms with van der Waals surface area (Å²) < 4.78 is 5.26. The predicted molar refractivity (Wildman–Crippen MR) is 25.0 cm³/mol. The SMILES string of the molecule is CC[CH2][Ge][NH2]. The molecule has 0 aromatic heterocycles. The minimum atomic E-state index is 0.00694. The average Bonchev–Trinajstić information content (AvgIpc) is 1.41. The third-order valence-corrected chi connectivity index (χ3v) is 2.05. The second-order valence-corrected chi connectivity index (χ2v) is 2.86. The summed E-state index contributed by atoms with van der Waals surface area (Å²) in [6.45, 7) is 2.16. The third-order valence-electron chi connectivity index (χ3n) is 0.394. The summed E-state index contributed by atoms with van der Waals surface area (Å²) >= 11 is 0.00694. The van der Waals surface area contributed by atoms with Crippen molar-refractivity contribution in [3.05, 3.63) is 0 Å². The van der Waals surface area contributed by atoms with Gasteiger partial charge in [0.05, 0.1) is 0 Å². The molecule has 30 valence electrons. The van der Waals surface area contributed by atoms with E-state index in [4.69, 9.17) is 4.69 Å². The Labute approximate surface area is 39.6 Å². The summed E-state index contributed by atoms with van der Waals surface area (Å²) in [6, 6.07) is 0. The molecule has 0 saturated heterocycles. The molecule has 5 heavy (non-hydrogen) atoms. The van der Waals surface area contributed by atoms with E-state index in [-0.39, 0.29) is 15.7 Å². The van der Waals surface area contributed by atoms with E-state index in [0.717, 1.165) is 0 Å². The first-order valence-electron chi connectivity index (χ1n) is 1.85. The monoisotopic (exact) mass is 133 g/mol. The normalized spacial score (nSPS) is 8.40. The molecule has 2 radical (unpaired) electrons. The van der Waals surface area contributed by atoms with Gasteiger partial charge >= 0.3 is 38.9 Å². The molecule has 0 rings (SSSR count). The summed E-state index contributed by atoms with van der Waals surface area (Å²) in [6.07, 6.45) is 1.27. The van der Waals surface area contributed by atoms with Crippen LogP contribution in [0.1, 0.15) is 13.3 Å². The van der Waals surface area contributed by atoms with E-state index in [1.807, 2.05) is 0 Å². The molecule has 2 heteroatoms. The zero-order valence-corrected chi connectivity index (χ0v) is 5.59. The van der Waals surface area contributed by atoms with E-state index in [1.54, 1.807) is 0 Å². The molecule has 0 aliphatic carbocycles. The first-order valence-corrected chi connectivity index (χ1v) is 4.54. The molecule has 0 aromatic carbocycles. The summed E-state index contributed by atoms with van der Waals surface area (Å²) in [7, 11) is 0. The summed E-state index contributed by atoms with van der Waals surface area (Å²) in [5, 5.41) is 1.29. The van der Waals surface area contributed by atoms with Crippen LogP contribution in [0.25, 0.3) is 0 Å². The third kappa shape index (κ3) is 4.50. The number of hydrogen-bond donors (Lipinski definition) is 1. The Balaban J connectivity index is 2.19. The Morgan fingerprint density at radius 2 is 2.40 bits per heavy atom. The van der Waals surface area contributed by atoms with Crippen molar-refractivity contribution in [2.24, 2.45) is 4.69 Å². The molecule has 1 nitrogen and oxygen atoms in total. The van der Waals surface area contributed by atoms with Gasteiger partial charge in [0.1, 0.15) is 0 Å². The second kappa shape index (κ2) is 4.50. The first-order chi connectivity index (χ1) is 2.41. The van der Waals surface area contributed by atoms with Crippen LogP contribution in [0, 0.1) is 0 Å². The molecule has 0 heterocycles. The van der Waals surface area contributed by atoms with Crippen molar-refractivity contribution in [3.8, 4) is 0 Å². The maximum atomic E-state index is 5.26. The van der Waals surface area contributed by atoms with Crippen molar-refractivity contribution < 1.29 is 0 Å². The van der Waals surface area contributed by atoms with E-state index in [0.29, 0.717) is 0 Å². The van der Waals surface area contributed by atoms with E-state index in [9.17, 15) is 0 Å². The first kappa shape index (κ1) is 5.50. The molecular formula is C3H9GeN. The van der Waals surface area contributed by atoms with Gasteiger partial charge in [-0.05, 0) is 0 Å². The Morgan fingerprint density at radius 1 is 1.80 bits per heavy atom. The maximum absolute atomic E-state index is 5.26. The number of nitrogens with two attached hydrogens (primary N) is 1. The van der Waals surface area contributed by atoms with Crippen molar-refractivity contribution in [3.63, 3.8) is 0 Å². The fourth-order valence-corrected chi connectivity index (χ4v) is 0.750. The van der Waals surface area contributed by atoms with Crippen LogP contribution in [-0.2, 0) is 0 Å². The van der Waals surface area contributed by atoms with Crippen LogP contribution >= 0.6 is 0 Å². The van der Waals surface area contributed by atoms with E-state index < -0.39 is 0 Å². The van der Waals surface area contributed by atoms with Crippen LogP contribution in [0.15, 0.2) is 0 Å². The molecule has 0 fully saturated rings. The zero-order valence-electron chi connectivity index (χ0n) is 3.49. The Bertz CT molecular complexity index is 14.4. The molecule has 0 spiro atoms. The summed E-state index contributed by atoms with van der Waals surface area (Å²) in [5.41, 5.74) is 0. The molecule has 0 aliphatic rings. The predicted octanol–water partition coefficient (Wildman–Crippen LogP) is 0.393. The molecule has 0 aliphatic heterocycles. The molecule has 0 aromatic rings. The van der Waals surface area contributed by atoms with Crippen LogP contribution in [0.2, 0.25) is 5.25 Å². The van der Waals surface area contributed by atoms with Crippen molar-refractivity contribution in [2.75, 3.05) is 0 Å². The van der Waals surface area contributed by atoms with Gasteiger partial charge in [-0.3, -0.25) is 0 Å². The van der Waals surface area contributed by atoms with E-state index >= 15 is 0 Å². The zero-order chi connectivity index (χ0) is 4.12. The van der Waals surface area contributed by atoms with Gasteiger partial charge in [-0.2, -0.15) is 0 Å². The molecular weight excluding hydrogens is 123 g/mol. The Kier molecular flexibility index (Phi) is 4.96. The summed E-state index contributed by atoms with van der Waals surface area (Å²) in [4.78, 5) is 0. The van der Waals surface area contributed by atoms with Crippen molar-refractivity contribution in [2.45, 2.75) is 18.6 Å². The van der Waals surface area contributed by atoms with Gasteiger partial charge in [-0.25, -0.2) is 0 Å². The Morgan fingerprint density at radius 3 is 2.40 bits per heavy atom. The fraction of sp³-hybridized carbons (Fsp3) is 1.00. The van der Waals surface area contributed by atoms with Crippen LogP contribution in [0.5, 0.6) is 0 Å². The van der Waals surface area contributed by atoms with Crippen molar-refractivity contribution in [1.82, 2.24) is 0 Å². The van der Waals surface area contributed by atoms with Crippen LogP contribution in [-0.4, -0.2) is 15.7 Å². The minimum absolute atomic E-state index is 0.00694. The van der Waals surface area contributed by atoms with E-state index in [2.05, 4.69) is 6.92 Å². The molecule has 0 atom stereocenters. The standard InChI is InChI=1S/C3H9GeN/c1-2-3-4-5/h2-3,5H2,1H3. The van der Waals surface area contributed by atoms with E-state index in [1.165, 1.54) is 11.7 Å². The van der Waals surface area contributed by atoms with Gasteiger partial charge in [-0.1, -0.05) is 0 Å². The quantitative estimate of drug-likeness (QED) is 0.540. The number of hydrogen-bond acceptors (Lipinski definition) is 1. The van der Waals surface area contributed by atoms with Gasteiger partial charge in [0.15, 0.2) is 0 Å². The van der Waals surface area contributed by atoms with Gasteiger partial charge in [0, 0.05) is 0 Å². The van der Waals surface area contributed by atoms with Crippen LogP contribution < -0.4 is 4.69 Å². The van der Waals surface area contributed by atoms with Gasteiger partial charge in [0.25, 0.3) is 0 Å². The van der Waals surface area contributed by atoms with Crippen molar-refractivity contribution >= 4 is 15.7 Å². The summed E-state index contributed by atoms with van der Waals surface area (Å²) in [5.74, 6) is 0. The number of rotatable bonds is 2. The Hall–Kier alpha value is 0.503. The van der Waals surface area contributed by atoms with Gasteiger partial charge < -0.3 is 0 Å². The van der Waals surface area contributed by atoms with Crippen LogP contribution in [0.4, 0.5) is 0 Å². The topological polar surface area (TPSA) is 26.0 Å². The molecule has 0 unspecified atom stereocenters. The molecule has 0 amide bonds. The van der Waals surface area contributed by atoms with Crippen LogP contribution in [0.3, 0.4) is 0 Å². The van der Waals surface area contributed by atoms with Crippen molar-refractivity contribution in [1.29, 1.82) is 0 Å². The molecule has 0 saturated carbocycles. The molecule has 2 N–H and O–H groups in total. The average molecular weight is 132 g/mol.